The first kappa shape index (κ1) is 13.2. The van der Waals surface area contributed by atoms with Gasteiger partial charge in [0.25, 0.3) is 0 Å². The normalized spacial score (nSPS) is 12.9. The van der Waals surface area contributed by atoms with E-state index in [4.69, 9.17) is 11.6 Å². The summed E-state index contributed by atoms with van der Waals surface area (Å²) in [7, 11) is 0. The van der Waals surface area contributed by atoms with Crippen molar-refractivity contribution in [3.63, 3.8) is 0 Å². The molecule has 5 heteroatoms. The predicted molar refractivity (Wildman–Crippen MR) is 56.8 cm³/mol. The van der Waals surface area contributed by atoms with E-state index in [1.54, 1.807) is 20.8 Å². The lowest BCUT2D eigenvalue weighted by molar-refractivity contribution is -0.137. The molecule has 0 saturated heterocycles. The monoisotopic (exact) mass is 252 g/mol. The second-order valence-corrected chi connectivity index (χ2v) is 5.00. The summed E-state index contributed by atoms with van der Waals surface area (Å²) in [4.78, 5) is 0. The largest absolute Gasteiger partial charge is 0.508 e. The van der Waals surface area contributed by atoms with Gasteiger partial charge >= 0.3 is 6.18 Å². The van der Waals surface area contributed by atoms with Crippen molar-refractivity contribution in [2.45, 2.75) is 32.4 Å². The van der Waals surface area contributed by atoms with Crippen LogP contribution < -0.4 is 0 Å². The van der Waals surface area contributed by atoms with E-state index in [0.717, 1.165) is 0 Å². The molecule has 0 bridgehead atoms. The molecule has 0 fully saturated rings. The van der Waals surface area contributed by atoms with Crippen LogP contribution in [0, 0.1) is 0 Å². The topological polar surface area (TPSA) is 20.2 Å². The fraction of sp³-hybridized carbons (Fsp3) is 0.455. The molecule has 0 saturated carbocycles. The highest BCUT2D eigenvalue weighted by molar-refractivity contribution is 6.31. The number of benzene rings is 1. The zero-order valence-electron chi connectivity index (χ0n) is 9.11. The second-order valence-electron chi connectivity index (χ2n) is 4.60. The first-order valence-corrected chi connectivity index (χ1v) is 5.01. The highest BCUT2D eigenvalue weighted by Crippen LogP contribution is 2.41. The molecule has 1 aromatic rings. The maximum absolute atomic E-state index is 12.5. The van der Waals surface area contributed by atoms with E-state index >= 15 is 0 Å². The fourth-order valence-corrected chi connectivity index (χ4v) is 1.65. The fourth-order valence-electron chi connectivity index (χ4n) is 1.38. The molecule has 0 aliphatic carbocycles. The molecule has 1 N–H and O–H groups in total. The Hall–Kier alpha value is -0.900. The van der Waals surface area contributed by atoms with E-state index in [9.17, 15) is 18.3 Å². The first-order chi connectivity index (χ1) is 7.03. The van der Waals surface area contributed by atoms with Crippen LogP contribution in [-0.2, 0) is 11.6 Å². The minimum Gasteiger partial charge on any atom is -0.508 e. The third-order valence-corrected chi connectivity index (χ3v) is 2.51. The summed E-state index contributed by atoms with van der Waals surface area (Å²) >= 11 is 5.56. The number of rotatable bonds is 0. The molecule has 0 amide bonds. The number of phenols is 1. The third kappa shape index (κ3) is 2.61. The van der Waals surface area contributed by atoms with Gasteiger partial charge in [-0.15, -0.1) is 0 Å². The zero-order chi connectivity index (χ0) is 12.7. The second kappa shape index (κ2) is 3.84. The van der Waals surface area contributed by atoms with E-state index in [1.807, 2.05) is 0 Å². The highest BCUT2D eigenvalue weighted by atomic mass is 35.5. The van der Waals surface area contributed by atoms with Crippen LogP contribution in [0.2, 0.25) is 5.02 Å². The van der Waals surface area contributed by atoms with Gasteiger partial charge in [-0.1, -0.05) is 32.4 Å². The van der Waals surface area contributed by atoms with Gasteiger partial charge in [0.15, 0.2) is 0 Å². The summed E-state index contributed by atoms with van der Waals surface area (Å²) in [5.74, 6) is -0.385. The first-order valence-electron chi connectivity index (χ1n) is 4.63. The number of hydrogen-bond donors (Lipinski definition) is 1. The summed E-state index contributed by atoms with van der Waals surface area (Å²) in [6.45, 7) is 5.35. The molecular weight excluding hydrogens is 241 g/mol. The molecule has 0 aliphatic rings. The lowest BCUT2D eigenvalue weighted by Crippen LogP contribution is -2.13. The van der Waals surface area contributed by atoms with Gasteiger partial charge in [-0.25, -0.2) is 0 Å². The van der Waals surface area contributed by atoms with Crippen molar-refractivity contribution in [1.82, 2.24) is 0 Å². The number of aromatic hydroxyl groups is 1. The van der Waals surface area contributed by atoms with E-state index < -0.39 is 22.2 Å². The van der Waals surface area contributed by atoms with Crippen LogP contribution in [-0.4, -0.2) is 5.11 Å². The van der Waals surface area contributed by atoms with Crippen molar-refractivity contribution in [3.05, 3.63) is 28.3 Å². The van der Waals surface area contributed by atoms with Crippen LogP contribution in [0.4, 0.5) is 13.2 Å². The number of hydrogen-bond acceptors (Lipinski definition) is 1. The van der Waals surface area contributed by atoms with E-state index in [2.05, 4.69) is 0 Å². The number of alkyl halides is 3. The minimum absolute atomic E-state index is 0.385. The average molecular weight is 253 g/mol. The van der Waals surface area contributed by atoms with Crippen molar-refractivity contribution >= 4 is 11.6 Å². The minimum atomic E-state index is -4.55. The van der Waals surface area contributed by atoms with Gasteiger partial charge in [0.05, 0.1) is 10.6 Å². The maximum atomic E-state index is 12.5. The molecular formula is C11H12ClF3O. The van der Waals surface area contributed by atoms with E-state index in [-0.39, 0.29) is 5.75 Å². The highest BCUT2D eigenvalue weighted by Gasteiger charge is 2.35. The lowest BCUT2D eigenvalue weighted by Gasteiger charge is -2.22. The van der Waals surface area contributed by atoms with Gasteiger partial charge in [0.1, 0.15) is 5.75 Å². The van der Waals surface area contributed by atoms with E-state index in [1.165, 1.54) is 6.07 Å². The summed E-state index contributed by atoms with van der Waals surface area (Å²) in [6.07, 6.45) is -4.55. The third-order valence-electron chi connectivity index (χ3n) is 2.20. The van der Waals surface area contributed by atoms with Crippen molar-refractivity contribution in [3.8, 4) is 5.75 Å². The van der Waals surface area contributed by atoms with Crippen LogP contribution in [0.3, 0.4) is 0 Å². The standard InChI is InChI=1S/C11H12ClF3O/c1-10(2,3)7-4-8(12)6(5-9(7)16)11(13,14)15/h4-5,16H,1-3H3. The number of halogens is 4. The molecule has 0 heterocycles. The van der Waals surface area contributed by atoms with Crippen LogP contribution in [0.5, 0.6) is 5.75 Å². The molecule has 0 aliphatic heterocycles. The summed E-state index contributed by atoms with van der Waals surface area (Å²) < 4.78 is 37.4. The molecule has 0 atom stereocenters. The lowest BCUT2D eigenvalue weighted by atomic mass is 9.86. The number of phenolic OH excluding ortho intramolecular Hbond substituents is 1. The van der Waals surface area contributed by atoms with Gasteiger partial charge < -0.3 is 5.11 Å². The molecule has 0 spiro atoms. The molecule has 0 unspecified atom stereocenters. The predicted octanol–water partition coefficient (Wildman–Crippen LogP) is 4.36. The quantitative estimate of drug-likeness (QED) is 0.727. The Morgan fingerprint density at radius 2 is 1.56 bits per heavy atom. The van der Waals surface area contributed by atoms with Gasteiger partial charge in [-0.3, -0.25) is 0 Å². The molecule has 0 radical (unpaired) electrons. The molecule has 90 valence electrons. The zero-order valence-corrected chi connectivity index (χ0v) is 9.87. The van der Waals surface area contributed by atoms with Gasteiger partial charge in [-0.2, -0.15) is 13.2 Å². The van der Waals surface area contributed by atoms with Crippen molar-refractivity contribution in [1.29, 1.82) is 0 Å². The Morgan fingerprint density at radius 1 is 1.06 bits per heavy atom. The molecule has 16 heavy (non-hydrogen) atoms. The van der Waals surface area contributed by atoms with Crippen LogP contribution in [0.25, 0.3) is 0 Å². The van der Waals surface area contributed by atoms with Gasteiger partial charge in [-0.05, 0) is 17.5 Å². The van der Waals surface area contributed by atoms with Gasteiger partial charge in [0, 0.05) is 5.56 Å². The SMILES string of the molecule is CC(C)(C)c1cc(Cl)c(C(F)(F)F)cc1O. The molecule has 1 rings (SSSR count). The Balaban J connectivity index is 3.40. The Morgan fingerprint density at radius 3 is 1.94 bits per heavy atom. The molecule has 1 aromatic carbocycles. The van der Waals surface area contributed by atoms with Crippen LogP contribution in [0.1, 0.15) is 31.9 Å². The summed E-state index contributed by atoms with van der Waals surface area (Å²) in [5, 5.41) is 9.16. The Kier molecular flexibility index (Phi) is 3.16. The Labute approximate surface area is 96.9 Å². The maximum Gasteiger partial charge on any atom is 0.417 e. The molecule has 1 nitrogen and oxygen atoms in total. The van der Waals surface area contributed by atoms with Crippen LogP contribution >= 0.6 is 11.6 Å². The van der Waals surface area contributed by atoms with Crippen molar-refractivity contribution in [2.24, 2.45) is 0 Å². The Bertz CT molecular complexity index is 365. The smallest absolute Gasteiger partial charge is 0.417 e. The van der Waals surface area contributed by atoms with Crippen molar-refractivity contribution < 1.29 is 18.3 Å². The van der Waals surface area contributed by atoms with Crippen molar-refractivity contribution in [2.75, 3.05) is 0 Å². The van der Waals surface area contributed by atoms with Gasteiger partial charge in [0.2, 0.25) is 0 Å². The molecule has 0 aromatic heterocycles. The van der Waals surface area contributed by atoms with E-state index in [0.29, 0.717) is 11.6 Å². The summed E-state index contributed by atoms with van der Waals surface area (Å²) in [5.41, 5.74) is -1.08. The summed E-state index contributed by atoms with van der Waals surface area (Å²) in [6, 6.07) is 1.84. The van der Waals surface area contributed by atoms with Crippen LogP contribution in [0.15, 0.2) is 12.1 Å². The average Bonchev–Trinajstić information content (AvgIpc) is 2.04.